The van der Waals surface area contributed by atoms with Gasteiger partial charge in [0.15, 0.2) is 17.5 Å². The van der Waals surface area contributed by atoms with Gasteiger partial charge in [-0.2, -0.15) is 0 Å². The third-order valence-electron chi connectivity index (χ3n) is 9.70. The normalized spacial score (nSPS) is 12.5. The van der Waals surface area contributed by atoms with Gasteiger partial charge in [-0.1, -0.05) is 146 Å². The van der Waals surface area contributed by atoms with Crippen molar-refractivity contribution in [2.45, 2.75) is 12.8 Å². The van der Waals surface area contributed by atoms with E-state index < -0.39 is 0 Å². The summed E-state index contributed by atoms with van der Waals surface area (Å²) in [4.78, 5) is 19.5. The SMILES string of the molecule is C1=CCCC(c2cc(-c3ccc(-c4nc(-c5ccccc5)nc(-c5ccc6ccccc6c5)n4)cc3)c(-c3ccccc3)cc2-c2cccnc2)=C1. The molecule has 1 aliphatic rings. The highest BCUT2D eigenvalue weighted by molar-refractivity contribution is 5.94. The molecule has 6 aromatic carbocycles. The Hall–Kier alpha value is -6.78. The van der Waals surface area contributed by atoms with Crippen LogP contribution < -0.4 is 0 Å². The second-order valence-electron chi connectivity index (χ2n) is 13.0. The molecule has 0 unspecified atom stereocenters. The summed E-state index contributed by atoms with van der Waals surface area (Å²) in [5.74, 6) is 1.93. The zero-order valence-corrected chi connectivity index (χ0v) is 28.5. The van der Waals surface area contributed by atoms with Gasteiger partial charge in [0.25, 0.3) is 0 Å². The van der Waals surface area contributed by atoms with Gasteiger partial charge in [0.1, 0.15) is 0 Å². The molecule has 0 N–H and O–H groups in total. The minimum atomic E-state index is 0.638. The molecule has 0 spiro atoms. The smallest absolute Gasteiger partial charge is 0.164 e. The molecule has 2 aromatic heterocycles. The van der Waals surface area contributed by atoms with Crippen molar-refractivity contribution in [3.63, 3.8) is 0 Å². The molecule has 9 rings (SSSR count). The largest absolute Gasteiger partial charge is 0.264 e. The summed E-state index contributed by atoms with van der Waals surface area (Å²) in [7, 11) is 0. The molecule has 0 atom stereocenters. The van der Waals surface area contributed by atoms with Crippen LogP contribution in [0.15, 0.2) is 182 Å². The Balaban J connectivity index is 1.18. The van der Waals surface area contributed by atoms with Gasteiger partial charge in [0.05, 0.1) is 0 Å². The first kappa shape index (κ1) is 31.2. The van der Waals surface area contributed by atoms with Crippen LogP contribution in [-0.2, 0) is 0 Å². The minimum absolute atomic E-state index is 0.638. The lowest BCUT2D eigenvalue weighted by Gasteiger charge is -2.20. The Bertz CT molecular complexity index is 2590. The summed E-state index contributed by atoms with van der Waals surface area (Å²) >= 11 is 0. The predicted molar refractivity (Wildman–Crippen MR) is 214 cm³/mol. The molecule has 0 radical (unpaired) electrons. The van der Waals surface area contributed by atoms with Crippen LogP contribution >= 0.6 is 0 Å². The lowest BCUT2D eigenvalue weighted by Crippen LogP contribution is -2.00. The van der Waals surface area contributed by atoms with E-state index in [1.165, 1.54) is 38.8 Å². The molecule has 0 bridgehead atoms. The van der Waals surface area contributed by atoms with Crippen LogP contribution in [-0.4, -0.2) is 19.9 Å². The molecule has 0 fully saturated rings. The van der Waals surface area contributed by atoms with E-state index in [0.717, 1.165) is 46.0 Å². The van der Waals surface area contributed by atoms with Gasteiger partial charge in [-0.25, -0.2) is 15.0 Å². The molecule has 4 nitrogen and oxygen atoms in total. The number of hydrogen-bond donors (Lipinski definition) is 0. The van der Waals surface area contributed by atoms with Crippen molar-refractivity contribution in [2.75, 3.05) is 0 Å². The van der Waals surface area contributed by atoms with Crippen molar-refractivity contribution in [2.24, 2.45) is 0 Å². The number of pyridine rings is 1. The molecular formula is C48H34N4. The molecule has 0 amide bonds. The number of rotatable bonds is 7. The van der Waals surface area contributed by atoms with Gasteiger partial charge in [-0.15, -0.1) is 0 Å². The monoisotopic (exact) mass is 666 g/mol. The summed E-state index contributed by atoms with van der Waals surface area (Å²) < 4.78 is 0. The van der Waals surface area contributed by atoms with Crippen molar-refractivity contribution in [3.05, 3.63) is 188 Å². The van der Waals surface area contributed by atoms with E-state index in [1.807, 2.05) is 48.8 Å². The summed E-state index contributed by atoms with van der Waals surface area (Å²) in [6.45, 7) is 0. The van der Waals surface area contributed by atoms with Crippen molar-refractivity contribution in [3.8, 4) is 67.5 Å². The molecular weight excluding hydrogens is 633 g/mol. The van der Waals surface area contributed by atoms with Crippen LogP contribution in [0.4, 0.5) is 0 Å². The van der Waals surface area contributed by atoms with Crippen molar-refractivity contribution < 1.29 is 0 Å². The second kappa shape index (κ2) is 13.9. The Morgan fingerprint density at radius 3 is 1.62 bits per heavy atom. The lowest BCUT2D eigenvalue weighted by molar-refractivity contribution is 1.05. The Morgan fingerprint density at radius 1 is 0.404 bits per heavy atom. The summed E-state index contributed by atoms with van der Waals surface area (Å²) in [6, 6.07) is 53.1. The number of benzene rings is 6. The van der Waals surface area contributed by atoms with Crippen molar-refractivity contribution in [1.29, 1.82) is 0 Å². The minimum Gasteiger partial charge on any atom is -0.264 e. The van der Waals surface area contributed by atoms with Crippen LogP contribution in [0, 0.1) is 0 Å². The number of allylic oxidation sites excluding steroid dienone is 4. The van der Waals surface area contributed by atoms with Gasteiger partial charge in [0, 0.05) is 34.6 Å². The predicted octanol–water partition coefficient (Wildman–Crippen LogP) is 12.2. The highest BCUT2D eigenvalue weighted by atomic mass is 15.0. The van der Waals surface area contributed by atoms with Gasteiger partial charge < -0.3 is 0 Å². The average molecular weight is 667 g/mol. The highest BCUT2D eigenvalue weighted by Gasteiger charge is 2.19. The number of hydrogen-bond acceptors (Lipinski definition) is 4. The van der Waals surface area contributed by atoms with Gasteiger partial charge in [0.2, 0.25) is 0 Å². The summed E-state index contributed by atoms with van der Waals surface area (Å²) in [5.41, 5.74) is 12.3. The number of nitrogens with zero attached hydrogens (tertiary/aromatic N) is 4. The second-order valence-corrected chi connectivity index (χ2v) is 13.0. The summed E-state index contributed by atoms with van der Waals surface area (Å²) in [6.07, 6.45) is 12.5. The van der Waals surface area contributed by atoms with E-state index in [0.29, 0.717) is 17.5 Å². The molecule has 52 heavy (non-hydrogen) atoms. The molecule has 0 saturated heterocycles. The topological polar surface area (TPSA) is 51.6 Å². The number of aromatic nitrogens is 4. The van der Waals surface area contributed by atoms with Crippen LogP contribution in [0.1, 0.15) is 18.4 Å². The standard InChI is InChI=1S/C48H34N4/c1-4-14-34(15-5-1)42-31-45(41-21-12-28-49-32-41)43(35-16-6-2-7-17-35)30-44(42)36-23-25-38(26-24-36)47-50-46(37-18-8-3-9-19-37)51-48(52-47)40-27-22-33-13-10-11-20-39(33)29-40/h1-6,8-16,18-32H,7,17H2. The van der Waals surface area contributed by atoms with Crippen LogP contribution in [0.2, 0.25) is 0 Å². The molecule has 1 aliphatic carbocycles. The summed E-state index contributed by atoms with van der Waals surface area (Å²) in [5, 5.41) is 2.33. The Kier molecular flexibility index (Phi) is 8.32. The fourth-order valence-electron chi connectivity index (χ4n) is 7.03. The van der Waals surface area contributed by atoms with E-state index in [-0.39, 0.29) is 0 Å². The first-order chi connectivity index (χ1) is 25.8. The number of fused-ring (bicyclic) bond motifs is 1. The first-order valence-corrected chi connectivity index (χ1v) is 17.7. The van der Waals surface area contributed by atoms with Crippen LogP contribution in [0.25, 0.3) is 83.9 Å². The zero-order chi connectivity index (χ0) is 34.7. The van der Waals surface area contributed by atoms with Gasteiger partial charge in [-0.05, 0) is 86.8 Å². The fourth-order valence-corrected chi connectivity index (χ4v) is 7.03. The molecule has 8 aromatic rings. The molecule has 0 aliphatic heterocycles. The third-order valence-corrected chi connectivity index (χ3v) is 9.70. The first-order valence-electron chi connectivity index (χ1n) is 17.7. The maximum atomic E-state index is 5.05. The maximum Gasteiger partial charge on any atom is 0.164 e. The highest BCUT2D eigenvalue weighted by Crippen LogP contribution is 2.42. The third kappa shape index (κ3) is 6.23. The van der Waals surface area contributed by atoms with E-state index in [4.69, 9.17) is 15.0 Å². The van der Waals surface area contributed by atoms with E-state index >= 15 is 0 Å². The fraction of sp³-hybridized carbons (Fsp3) is 0.0417. The van der Waals surface area contributed by atoms with Gasteiger partial charge in [-0.3, -0.25) is 4.98 Å². The quantitative estimate of drug-likeness (QED) is 0.170. The molecule has 4 heteroatoms. The van der Waals surface area contributed by atoms with Crippen LogP contribution in [0.3, 0.4) is 0 Å². The van der Waals surface area contributed by atoms with Crippen molar-refractivity contribution >= 4 is 16.3 Å². The lowest BCUT2D eigenvalue weighted by atomic mass is 9.84. The van der Waals surface area contributed by atoms with E-state index in [1.54, 1.807) is 0 Å². The van der Waals surface area contributed by atoms with E-state index in [9.17, 15) is 0 Å². The zero-order valence-electron chi connectivity index (χ0n) is 28.5. The Labute approximate surface area is 303 Å². The van der Waals surface area contributed by atoms with E-state index in [2.05, 4.69) is 138 Å². The average Bonchev–Trinajstić information content (AvgIpc) is 3.24. The molecule has 2 heterocycles. The molecule has 0 saturated carbocycles. The molecule has 246 valence electrons. The van der Waals surface area contributed by atoms with Crippen molar-refractivity contribution in [1.82, 2.24) is 19.9 Å². The van der Waals surface area contributed by atoms with Gasteiger partial charge >= 0.3 is 0 Å². The maximum absolute atomic E-state index is 5.05. The van der Waals surface area contributed by atoms with Crippen LogP contribution in [0.5, 0.6) is 0 Å². The Morgan fingerprint density at radius 2 is 0.942 bits per heavy atom.